The Bertz CT molecular complexity index is 1620. The molecule has 192 valence electrons. The van der Waals surface area contributed by atoms with Crippen LogP contribution in [0, 0.1) is 11.8 Å². The van der Waals surface area contributed by atoms with Crippen LogP contribution < -0.4 is 0 Å². The molecule has 0 spiro atoms. The number of Topliss-reactive ketones (excluding diaryl/α,β-unsaturated/α-hetero) is 2. The van der Waals surface area contributed by atoms with E-state index >= 15 is 9.59 Å². The lowest BCUT2D eigenvalue weighted by atomic mass is 9.28. The van der Waals surface area contributed by atoms with Crippen LogP contribution in [0.3, 0.4) is 0 Å². The van der Waals surface area contributed by atoms with Gasteiger partial charge in [0.25, 0.3) is 0 Å². The number of benzene rings is 4. The molecule has 0 bridgehead atoms. The lowest BCUT2D eigenvalue weighted by molar-refractivity contribution is -0.170. The third-order valence-corrected chi connectivity index (χ3v) is 8.91. The molecule has 0 aromatic heterocycles. The zero-order valence-electron chi connectivity index (χ0n) is 21.5. The van der Waals surface area contributed by atoms with Gasteiger partial charge in [-0.25, -0.2) is 0 Å². The van der Waals surface area contributed by atoms with Gasteiger partial charge in [0.15, 0.2) is 23.1 Å². The van der Waals surface area contributed by atoms with Crippen molar-refractivity contribution in [1.29, 1.82) is 0 Å². The normalized spacial score (nSPS) is 27.2. The third kappa shape index (κ3) is 2.91. The highest BCUT2D eigenvalue weighted by atomic mass is 16.2. The van der Waals surface area contributed by atoms with Gasteiger partial charge in [0.05, 0.1) is 22.7 Å². The zero-order chi connectivity index (χ0) is 27.5. The minimum atomic E-state index is -1.60. The highest BCUT2D eigenvalue weighted by molar-refractivity contribution is 6.42. The molecule has 0 heterocycles. The third-order valence-electron chi connectivity index (χ3n) is 8.91. The molecular weight excluding hydrogens is 496 g/mol. The first-order chi connectivity index (χ1) is 19.5. The van der Waals surface area contributed by atoms with Crippen LogP contribution in [0.2, 0.25) is 0 Å². The number of rotatable bonds is 4. The Morgan fingerprint density at radius 3 is 1.02 bits per heavy atom. The van der Waals surface area contributed by atoms with Crippen molar-refractivity contribution in [1.82, 2.24) is 0 Å². The van der Waals surface area contributed by atoms with E-state index in [1.54, 1.807) is 24.3 Å². The fourth-order valence-electron chi connectivity index (χ4n) is 7.45. The first kappa shape index (κ1) is 24.1. The predicted octanol–water partition coefficient (Wildman–Crippen LogP) is 5.58. The highest BCUT2D eigenvalue weighted by Crippen LogP contribution is 2.71. The Hall–Kier alpha value is -4.96. The Labute approximate surface area is 231 Å². The van der Waals surface area contributed by atoms with Crippen LogP contribution in [0.1, 0.15) is 22.3 Å². The van der Waals surface area contributed by atoms with Crippen molar-refractivity contribution in [2.24, 2.45) is 11.8 Å². The molecule has 4 nitrogen and oxygen atoms in total. The monoisotopic (exact) mass is 520 g/mol. The van der Waals surface area contributed by atoms with E-state index in [0.717, 1.165) is 0 Å². The highest BCUT2D eigenvalue weighted by Gasteiger charge is 2.83. The Morgan fingerprint density at radius 2 is 0.700 bits per heavy atom. The number of carbonyl (C=O) groups excluding carboxylic acids is 4. The number of ketones is 4. The van der Waals surface area contributed by atoms with Crippen LogP contribution in [0.4, 0.5) is 0 Å². The summed E-state index contributed by atoms with van der Waals surface area (Å²) in [6, 6.07) is 36.3. The minimum Gasteiger partial charge on any atom is -0.294 e. The van der Waals surface area contributed by atoms with E-state index in [9.17, 15) is 9.59 Å². The quantitative estimate of drug-likeness (QED) is 0.352. The van der Waals surface area contributed by atoms with Crippen molar-refractivity contribution in [3.63, 3.8) is 0 Å². The van der Waals surface area contributed by atoms with Crippen molar-refractivity contribution < 1.29 is 19.2 Å². The van der Waals surface area contributed by atoms with Crippen LogP contribution in [0.15, 0.2) is 133 Å². The molecule has 7 rings (SSSR count). The molecule has 4 aromatic rings. The fourth-order valence-corrected chi connectivity index (χ4v) is 7.45. The summed E-state index contributed by atoms with van der Waals surface area (Å²) < 4.78 is 0. The number of hydrogen-bond acceptors (Lipinski definition) is 4. The molecule has 40 heavy (non-hydrogen) atoms. The number of hydrogen-bond donors (Lipinski definition) is 0. The second-order valence-electron chi connectivity index (χ2n) is 10.6. The summed E-state index contributed by atoms with van der Waals surface area (Å²) in [7, 11) is 0. The van der Waals surface area contributed by atoms with Gasteiger partial charge < -0.3 is 0 Å². The Kier molecular flexibility index (Phi) is 5.29. The number of fused-ring (bicyclic) bond motifs is 4. The van der Waals surface area contributed by atoms with E-state index in [1.165, 1.54) is 12.2 Å². The molecule has 1 saturated carbocycles. The van der Waals surface area contributed by atoms with Crippen LogP contribution in [-0.2, 0) is 30.0 Å². The van der Waals surface area contributed by atoms with E-state index in [2.05, 4.69) is 0 Å². The molecule has 3 aliphatic carbocycles. The summed E-state index contributed by atoms with van der Waals surface area (Å²) in [5, 5.41) is 0. The first-order valence-electron chi connectivity index (χ1n) is 13.4. The zero-order valence-corrected chi connectivity index (χ0v) is 21.5. The number of carbonyl (C=O) groups is 4. The summed E-state index contributed by atoms with van der Waals surface area (Å²) in [4.78, 5) is 58.3. The van der Waals surface area contributed by atoms with Crippen molar-refractivity contribution in [2.75, 3.05) is 0 Å². The number of allylic oxidation sites excluding steroid dienone is 4. The molecule has 0 N–H and O–H groups in total. The van der Waals surface area contributed by atoms with E-state index in [1.807, 2.05) is 97.1 Å². The maximum absolute atomic E-state index is 15.1. The van der Waals surface area contributed by atoms with Gasteiger partial charge in [0.1, 0.15) is 0 Å². The van der Waals surface area contributed by atoms with Gasteiger partial charge in [-0.1, -0.05) is 121 Å². The maximum Gasteiger partial charge on any atom is 0.176 e. The SMILES string of the molecule is O=C1C=C(c2ccccc2)C(=O)C2(c3ccccc3)C1C1C(=O)C=C(c3ccccc3)C(=O)C12c1ccccc1. The second kappa shape index (κ2) is 8.78. The van der Waals surface area contributed by atoms with Crippen LogP contribution in [-0.4, -0.2) is 23.1 Å². The molecule has 1 fully saturated rings. The van der Waals surface area contributed by atoms with Crippen molar-refractivity contribution in [2.45, 2.75) is 10.8 Å². The van der Waals surface area contributed by atoms with Crippen LogP contribution in [0.25, 0.3) is 11.1 Å². The molecule has 0 amide bonds. The van der Waals surface area contributed by atoms with Crippen LogP contribution in [0.5, 0.6) is 0 Å². The molecule has 4 aromatic carbocycles. The Balaban J connectivity index is 1.60. The van der Waals surface area contributed by atoms with E-state index in [4.69, 9.17) is 0 Å². The molecule has 4 heteroatoms. The first-order valence-corrected chi connectivity index (χ1v) is 13.4. The smallest absolute Gasteiger partial charge is 0.176 e. The maximum atomic E-state index is 15.1. The fraction of sp³-hybridized carbons (Fsp3) is 0.111. The molecule has 4 atom stereocenters. The Morgan fingerprint density at radius 1 is 0.400 bits per heavy atom. The average Bonchev–Trinajstić information content (AvgIpc) is 2.99. The van der Waals surface area contributed by atoms with Gasteiger partial charge in [-0.3, -0.25) is 19.2 Å². The summed E-state index contributed by atoms with van der Waals surface area (Å²) >= 11 is 0. The van der Waals surface area contributed by atoms with Gasteiger partial charge in [-0.2, -0.15) is 0 Å². The van der Waals surface area contributed by atoms with Gasteiger partial charge >= 0.3 is 0 Å². The summed E-state index contributed by atoms with van der Waals surface area (Å²) in [6.45, 7) is 0. The molecular formula is C36H24O4. The van der Waals surface area contributed by atoms with Crippen molar-refractivity contribution in [3.8, 4) is 0 Å². The van der Waals surface area contributed by atoms with E-state index in [-0.39, 0.29) is 34.3 Å². The van der Waals surface area contributed by atoms with Crippen molar-refractivity contribution in [3.05, 3.63) is 156 Å². The standard InChI is InChI=1S/C36H24O4/c37-29-21-27(23-13-5-1-6-14-23)33(39)35(25-17-9-3-10-18-25)31(29)32-30(38)22-28(24-15-7-2-8-16-24)34(40)36(32,35)26-19-11-4-12-20-26/h1-22,31-32H. The molecule has 0 radical (unpaired) electrons. The largest absolute Gasteiger partial charge is 0.294 e. The molecule has 0 saturated heterocycles. The minimum absolute atomic E-state index is 0.260. The average molecular weight is 521 g/mol. The van der Waals surface area contributed by atoms with Gasteiger partial charge in [-0.05, 0) is 34.4 Å². The summed E-state index contributed by atoms with van der Waals surface area (Å²) in [5.41, 5.74) is -0.335. The van der Waals surface area contributed by atoms with Crippen molar-refractivity contribution >= 4 is 34.3 Å². The van der Waals surface area contributed by atoms with Crippen LogP contribution >= 0.6 is 0 Å². The molecule has 3 aliphatic rings. The lowest BCUT2D eigenvalue weighted by Gasteiger charge is -2.68. The van der Waals surface area contributed by atoms with Gasteiger partial charge in [-0.15, -0.1) is 0 Å². The summed E-state index contributed by atoms with van der Waals surface area (Å²) in [6.07, 6.45) is 2.76. The van der Waals surface area contributed by atoms with E-state index < -0.39 is 22.7 Å². The van der Waals surface area contributed by atoms with Gasteiger partial charge in [0, 0.05) is 11.1 Å². The van der Waals surface area contributed by atoms with Gasteiger partial charge in [0.2, 0.25) is 0 Å². The molecule has 0 aliphatic heterocycles. The van der Waals surface area contributed by atoms with E-state index in [0.29, 0.717) is 22.3 Å². The predicted molar refractivity (Wildman–Crippen MR) is 152 cm³/mol. The molecule has 4 unspecified atom stereocenters. The second-order valence-corrected chi connectivity index (χ2v) is 10.6. The topological polar surface area (TPSA) is 68.3 Å². The summed E-state index contributed by atoms with van der Waals surface area (Å²) in [5.74, 6) is -3.25. The lowest BCUT2D eigenvalue weighted by Crippen LogP contribution is -2.81.